The molecule has 2 atom stereocenters. The van der Waals surface area contributed by atoms with Gasteiger partial charge in [0.05, 0.1) is 35.1 Å². The Bertz CT molecular complexity index is 2020. The molecule has 2 heterocycles. The Morgan fingerprint density at radius 3 is 2.57 bits per heavy atom. The average molecular weight is 721 g/mol. The summed E-state index contributed by atoms with van der Waals surface area (Å²) in [7, 11) is 1.26. The lowest BCUT2D eigenvalue weighted by molar-refractivity contribution is -0.123. The molecule has 0 unspecified atom stereocenters. The van der Waals surface area contributed by atoms with E-state index in [0.29, 0.717) is 0 Å². The maximum Gasteiger partial charge on any atom is 0.331 e. The Morgan fingerprint density at radius 2 is 1.92 bits per heavy atom. The van der Waals surface area contributed by atoms with Gasteiger partial charge >= 0.3 is 6.55 Å². The zero-order valence-corrected chi connectivity index (χ0v) is 27.2. The fraction of sp³-hybridized carbons (Fsp3) is 0.212. The predicted octanol–water partition coefficient (Wildman–Crippen LogP) is 5.37. The number of fused-ring (bicyclic) bond motifs is 1. The predicted molar refractivity (Wildman–Crippen MR) is 174 cm³/mol. The number of hydrogen-bond acceptors (Lipinski definition) is 8. The molecule has 2 amide bonds. The van der Waals surface area contributed by atoms with E-state index in [9.17, 15) is 32.3 Å². The lowest BCUT2D eigenvalue weighted by Gasteiger charge is -2.30. The highest BCUT2D eigenvalue weighted by atomic mass is 35.5. The number of nitrogens with two attached hydrogens (primary N) is 2. The molecule has 256 valence electrons. The van der Waals surface area contributed by atoms with Crippen LogP contribution in [0.3, 0.4) is 0 Å². The lowest BCUT2D eigenvalue weighted by atomic mass is 9.80. The van der Waals surface area contributed by atoms with Gasteiger partial charge in [0.15, 0.2) is 0 Å². The molecule has 0 fully saturated rings. The standard InChI is InChI=1S/C33H27Cl2F4N5O5/c1-32(30(41)46)14-49-28-20(32)11-23(44-27(28)19-6-7-21(37)25(35)24(19)34)33(47,17-4-3-5-18(36)10-17)13-43-29(45)15-8-16(12-42-31(38)39)26(40)22(9-15)48-2/h3-12,31,47H,13-14,40H2,1-2H3,(H2,41,46)(H,43,45)/b42-12+/t32-,33+/m0/s1. The van der Waals surface area contributed by atoms with Crippen molar-refractivity contribution in [2.75, 3.05) is 26.0 Å². The molecule has 0 radical (unpaired) electrons. The Morgan fingerprint density at radius 1 is 1.18 bits per heavy atom. The van der Waals surface area contributed by atoms with Crippen LogP contribution in [0, 0.1) is 11.6 Å². The van der Waals surface area contributed by atoms with Crippen molar-refractivity contribution in [1.82, 2.24) is 10.3 Å². The Balaban J connectivity index is 1.68. The number of rotatable bonds is 10. The molecule has 1 aromatic heterocycles. The van der Waals surface area contributed by atoms with Crippen LogP contribution in [0.5, 0.6) is 11.5 Å². The van der Waals surface area contributed by atoms with Crippen molar-refractivity contribution in [2.45, 2.75) is 24.5 Å². The molecule has 6 N–H and O–H groups in total. The highest BCUT2D eigenvalue weighted by Gasteiger charge is 2.46. The van der Waals surface area contributed by atoms with Crippen LogP contribution in [-0.4, -0.2) is 54.9 Å². The van der Waals surface area contributed by atoms with Gasteiger partial charge in [-0.3, -0.25) is 9.59 Å². The highest BCUT2D eigenvalue weighted by Crippen LogP contribution is 2.48. The number of nitrogens with zero attached hydrogens (tertiary/aromatic N) is 2. The van der Waals surface area contributed by atoms with Gasteiger partial charge in [0.1, 0.15) is 46.5 Å². The summed E-state index contributed by atoms with van der Waals surface area (Å²) in [5.41, 5.74) is 7.61. The second kappa shape index (κ2) is 13.5. The largest absolute Gasteiger partial charge is 0.495 e. The van der Waals surface area contributed by atoms with Crippen molar-refractivity contribution in [2.24, 2.45) is 10.7 Å². The van der Waals surface area contributed by atoms with Gasteiger partial charge in [0, 0.05) is 28.5 Å². The SMILES string of the molecule is COc1cc(C(=O)NC[C@@](O)(c2cccc(F)c2)c2cc3c(c(-c4ccc(F)c(Cl)c4Cl)n2)OC[C@]3(C)C(N)=O)cc(/C=N/C(F)F)c1N. The number of benzene rings is 3. The maximum atomic E-state index is 14.6. The topological polar surface area (TPSA) is 162 Å². The van der Waals surface area contributed by atoms with Gasteiger partial charge < -0.3 is 31.4 Å². The summed E-state index contributed by atoms with van der Waals surface area (Å²) in [5, 5.41) is 14.3. The zero-order valence-electron chi connectivity index (χ0n) is 25.7. The van der Waals surface area contributed by atoms with Gasteiger partial charge in [-0.25, -0.2) is 18.8 Å². The molecule has 16 heteroatoms. The number of hydrogen-bond donors (Lipinski definition) is 4. The van der Waals surface area contributed by atoms with Crippen LogP contribution in [0.4, 0.5) is 23.2 Å². The van der Waals surface area contributed by atoms with Gasteiger partial charge in [-0.05, 0) is 55.0 Å². The number of ether oxygens (including phenoxy) is 2. The average Bonchev–Trinajstić information content (AvgIpc) is 3.42. The molecule has 4 aromatic rings. The third kappa shape index (κ3) is 6.58. The first-order valence-corrected chi connectivity index (χ1v) is 15.0. The third-order valence-electron chi connectivity index (χ3n) is 8.12. The van der Waals surface area contributed by atoms with Crippen LogP contribution in [0.2, 0.25) is 10.0 Å². The van der Waals surface area contributed by atoms with Crippen molar-refractivity contribution in [3.8, 4) is 22.8 Å². The van der Waals surface area contributed by atoms with Crippen molar-refractivity contribution >= 4 is 46.9 Å². The number of anilines is 1. The number of nitrogens with one attached hydrogen (secondary N) is 1. The summed E-state index contributed by atoms with van der Waals surface area (Å²) in [5.74, 6) is -3.16. The second-order valence-corrected chi connectivity index (χ2v) is 12.0. The molecule has 0 bridgehead atoms. The lowest BCUT2D eigenvalue weighted by Crippen LogP contribution is -2.43. The summed E-state index contributed by atoms with van der Waals surface area (Å²) < 4.78 is 65.6. The minimum Gasteiger partial charge on any atom is -0.495 e. The summed E-state index contributed by atoms with van der Waals surface area (Å²) in [6, 6.07) is 10.9. The van der Waals surface area contributed by atoms with E-state index >= 15 is 0 Å². The normalized spacial score (nSPS) is 16.7. The number of primary amides is 1. The zero-order chi connectivity index (χ0) is 35.8. The number of methoxy groups -OCH3 is 1. The minimum absolute atomic E-state index is 0.0192. The molecular formula is C33H27Cl2F4N5O5. The summed E-state index contributed by atoms with van der Waals surface area (Å²) in [6.45, 7) is -2.44. The molecule has 10 nitrogen and oxygen atoms in total. The van der Waals surface area contributed by atoms with E-state index in [0.717, 1.165) is 24.4 Å². The van der Waals surface area contributed by atoms with Crippen molar-refractivity contribution in [1.29, 1.82) is 0 Å². The Kier molecular flexibility index (Phi) is 9.77. The fourth-order valence-electron chi connectivity index (χ4n) is 5.28. The number of nitrogen functional groups attached to an aromatic ring is 1. The monoisotopic (exact) mass is 719 g/mol. The van der Waals surface area contributed by atoms with E-state index in [1.54, 1.807) is 0 Å². The second-order valence-electron chi connectivity index (χ2n) is 11.2. The maximum absolute atomic E-state index is 14.6. The number of aliphatic imine (C=N–C) groups is 1. The fourth-order valence-corrected chi connectivity index (χ4v) is 5.69. The van der Waals surface area contributed by atoms with Crippen LogP contribution in [-0.2, 0) is 15.8 Å². The first-order valence-electron chi connectivity index (χ1n) is 14.3. The number of carbonyl (C=O) groups is 2. The van der Waals surface area contributed by atoms with Crippen molar-refractivity contribution in [3.05, 3.63) is 104 Å². The van der Waals surface area contributed by atoms with Crippen LogP contribution < -0.4 is 26.3 Å². The van der Waals surface area contributed by atoms with Crippen LogP contribution in [0.25, 0.3) is 11.3 Å². The molecule has 0 aliphatic carbocycles. The first kappa shape index (κ1) is 35.4. The molecule has 0 saturated heterocycles. The molecule has 1 aliphatic rings. The number of amides is 2. The summed E-state index contributed by atoms with van der Waals surface area (Å²) in [6.07, 6.45) is 0.781. The molecule has 1 aliphatic heterocycles. The van der Waals surface area contributed by atoms with Gasteiger partial charge in [-0.2, -0.15) is 8.78 Å². The van der Waals surface area contributed by atoms with Gasteiger partial charge in [0.2, 0.25) is 5.91 Å². The van der Waals surface area contributed by atoms with Crippen LogP contribution in [0.1, 0.15) is 39.7 Å². The van der Waals surface area contributed by atoms with E-state index in [2.05, 4.69) is 15.3 Å². The Labute approximate surface area is 286 Å². The quantitative estimate of drug-likeness (QED) is 0.0563. The van der Waals surface area contributed by atoms with E-state index in [4.69, 9.17) is 44.1 Å². The van der Waals surface area contributed by atoms with Gasteiger partial charge in [-0.1, -0.05) is 35.3 Å². The minimum atomic E-state index is -3.04. The number of alkyl halides is 2. The van der Waals surface area contributed by atoms with Gasteiger partial charge in [-0.15, -0.1) is 0 Å². The molecule has 5 rings (SSSR count). The summed E-state index contributed by atoms with van der Waals surface area (Å²) >= 11 is 12.5. The molecular weight excluding hydrogens is 693 g/mol. The molecule has 0 spiro atoms. The number of aromatic nitrogens is 1. The first-order chi connectivity index (χ1) is 23.1. The number of carbonyl (C=O) groups excluding carboxylic acids is 2. The van der Waals surface area contributed by atoms with E-state index in [1.165, 1.54) is 50.4 Å². The number of halogens is 6. The van der Waals surface area contributed by atoms with Gasteiger partial charge in [0.25, 0.3) is 5.91 Å². The number of pyridine rings is 1. The Hall–Kier alpha value is -4.92. The summed E-state index contributed by atoms with van der Waals surface area (Å²) in [4.78, 5) is 33.9. The van der Waals surface area contributed by atoms with E-state index in [1.807, 2.05) is 0 Å². The van der Waals surface area contributed by atoms with Crippen LogP contribution in [0.15, 0.2) is 59.6 Å². The number of aliphatic hydroxyl groups is 1. The molecule has 0 saturated carbocycles. The van der Waals surface area contributed by atoms with E-state index < -0.39 is 52.6 Å². The smallest absolute Gasteiger partial charge is 0.331 e. The molecule has 3 aromatic carbocycles. The van der Waals surface area contributed by atoms with E-state index in [-0.39, 0.29) is 68.0 Å². The highest BCUT2D eigenvalue weighted by molar-refractivity contribution is 6.43. The van der Waals surface area contributed by atoms with Crippen molar-refractivity contribution < 1.29 is 41.7 Å². The molecule has 49 heavy (non-hydrogen) atoms. The van der Waals surface area contributed by atoms with Crippen molar-refractivity contribution in [3.63, 3.8) is 0 Å². The third-order valence-corrected chi connectivity index (χ3v) is 8.98. The van der Waals surface area contributed by atoms with Crippen LogP contribution >= 0.6 is 23.2 Å².